The van der Waals surface area contributed by atoms with E-state index < -0.39 is 17.6 Å². The SMILES string of the molecule is CCCCC[C@@H]1CC[C@@H]2CC(c3cc(F)c4cc(C(F)(F)F)ccc4c3)CCC2C1. The summed E-state index contributed by atoms with van der Waals surface area (Å²) in [7, 11) is 0. The molecule has 2 fully saturated rings. The second kappa shape index (κ2) is 8.88. The third-order valence-corrected chi connectivity index (χ3v) is 7.66. The van der Waals surface area contributed by atoms with Crippen LogP contribution in [0.15, 0.2) is 30.3 Å². The maximum absolute atomic E-state index is 14.7. The van der Waals surface area contributed by atoms with E-state index in [4.69, 9.17) is 0 Å². The van der Waals surface area contributed by atoms with Crippen molar-refractivity contribution in [3.8, 4) is 0 Å². The summed E-state index contributed by atoms with van der Waals surface area (Å²) in [5.41, 5.74) is 0.168. The fraction of sp³-hybridized carbons (Fsp3) is 0.615. The molecule has 2 aliphatic carbocycles. The molecule has 0 nitrogen and oxygen atoms in total. The minimum atomic E-state index is -4.45. The first-order chi connectivity index (χ1) is 14.3. The molecule has 4 rings (SSSR count). The smallest absolute Gasteiger partial charge is 0.206 e. The highest BCUT2D eigenvalue weighted by Gasteiger charge is 2.36. The molecule has 0 amide bonds. The number of halogens is 4. The minimum Gasteiger partial charge on any atom is -0.206 e. The molecule has 0 N–H and O–H groups in total. The van der Waals surface area contributed by atoms with E-state index in [-0.39, 0.29) is 5.39 Å². The van der Waals surface area contributed by atoms with Gasteiger partial charge in [-0.2, -0.15) is 13.2 Å². The van der Waals surface area contributed by atoms with Crippen molar-refractivity contribution in [2.24, 2.45) is 17.8 Å². The van der Waals surface area contributed by atoms with Crippen LogP contribution in [-0.4, -0.2) is 0 Å². The molecule has 0 aliphatic heterocycles. The van der Waals surface area contributed by atoms with Crippen LogP contribution in [0, 0.1) is 23.6 Å². The van der Waals surface area contributed by atoms with Gasteiger partial charge in [-0.15, -0.1) is 0 Å². The number of hydrogen-bond donors (Lipinski definition) is 0. The quantitative estimate of drug-likeness (QED) is 0.335. The van der Waals surface area contributed by atoms with Gasteiger partial charge in [0.1, 0.15) is 5.82 Å². The second-order valence-corrected chi connectivity index (χ2v) is 9.64. The monoisotopic (exact) mass is 420 g/mol. The average molecular weight is 421 g/mol. The predicted octanol–water partition coefficient (Wildman–Crippen LogP) is 8.88. The van der Waals surface area contributed by atoms with E-state index in [1.165, 1.54) is 63.5 Å². The van der Waals surface area contributed by atoms with E-state index in [0.717, 1.165) is 48.3 Å². The van der Waals surface area contributed by atoms with Crippen LogP contribution in [0.3, 0.4) is 0 Å². The van der Waals surface area contributed by atoms with E-state index in [9.17, 15) is 17.6 Å². The summed E-state index contributed by atoms with van der Waals surface area (Å²) >= 11 is 0. The van der Waals surface area contributed by atoms with Crippen LogP contribution in [-0.2, 0) is 6.18 Å². The number of unbranched alkanes of at least 4 members (excludes halogenated alkanes) is 2. The van der Waals surface area contributed by atoms with Gasteiger partial charge in [0.15, 0.2) is 0 Å². The molecule has 164 valence electrons. The lowest BCUT2D eigenvalue weighted by atomic mass is 9.63. The number of hydrogen-bond acceptors (Lipinski definition) is 0. The molecule has 0 saturated heterocycles. The molecular weight excluding hydrogens is 388 g/mol. The Morgan fingerprint density at radius 3 is 2.43 bits per heavy atom. The molecule has 30 heavy (non-hydrogen) atoms. The number of rotatable bonds is 5. The van der Waals surface area contributed by atoms with Crippen LogP contribution in [0.4, 0.5) is 17.6 Å². The molecule has 2 aromatic carbocycles. The van der Waals surface area contributed by atoms with Gasteiger partial charge in [0.05, 0.1) is 5.56 Å². The topological polar surface area (TPSA) is 0 Å². The van der Waals surface area contributed by atoms with Crippen LogP contribution in [0.2, 0.25) is 0 Å². The Morgan fingerprint density at radius 1 is 0.900 bits per heavy atom. The zero-order chi connectivity index (χ0) is 21.3. The van der Waals surface area contributed by atoms with Crippen LogP contribution in [0.1, 0.15) is 88.2 Å². The Kier molecular flexibility index (Phi) is 6.41. The van der Waals surface area contributed by atoms with Crippen LogP contribution >= 0.6 is 0 Å². The summed E-state index contributed by atoms with van der Waals surface area (Å²) in [6.07, 6.45) is 8.21. The summed E-state index contributed by atoms with van der Waals surface area (Å²) in [4.78, 5) is 0. The zero-order valence-electron chi connectivity index (χ0n) is 17.8. The molecule has 2 unspecified atom stereocenters. The Bertz CT molecular complexity index is 869. The van der Waals surface area contributed by atoms with Crippen LogP contribution in [0.5, 0.6) is 0 Å². The molecule has 0 aromatic heterocycles. The van der Waals surface area contributed by atoms with Gasteiger partial charge in [-0.1, -0.05) is 51.2 Å². The largest absolute Gasteiger partial charge is 0.416 e. The highest BCUT2D eigenvalue weighted by molar-refractivity contribution is 5.84. The second-order valence-electron chi connectivity index (χ2n) is 9.64. The fourth-order valence-electron chi connectivity index (χ4n) is 5.98. The highest BCUT2D eigenvalue weighted by Crippen LogP contribution is 2.49. The van der Waals surface area contributed by atoms with Crippen LogP contribution in [0.25, 0.3) is 10.8 Å². The third-order valence-electron chi connectivity index (χ3n) is 7.66. The van der Waals surface area contributed by atoms with Crippen molar-refractivity contribution >= 4 is 10.8 Å². The highest BCUT2D eigenvalue weighted by atomic mass is 19.4. The summed E-state index contributed by atoms with van der Waals surface area (Å²) in [6, 6.07) is 6.81. The number of benzene rings is 2. The minimum absolute atomic E-state index is 0.0647. The molecule has 0 spiro atoms. The molecule has 4 heteroatoms. The lowest BCUT2D eigenvalue weighted by Gasteiger charge is -2.42. The van der Waals surface area contributed by atoms with Gasteiger partial charge < -0.3 is 0 Å². The van der Waals surface area contributed by atoms with E-state index in [0.29, 0.717) is 11.3 Å². The van der Waals surface area contributed by atoms with Gasteiger partial charge in [0, 0.05) is 5.39 Å². The van der Waals surface area contributed by atoms with Gasteiger partial charge in [-0.25, -0.2) is 4.39 Å². The fourth-order valence-corrected chi connectivity index (χ4v) is 5.98. The van der Waals surface area contributed by atoms with E-state index in [1.807, 2.05) is 6.07 Å². The summed E-state index contributed by atoms with van der Waals surface area (Å²) in [5, 5.41) is 0.634. The lowest BCUT2D eigenvalue weighted by molar-refractivity contribution is -0.137. The van der Waals surface area contributed by atoms with Crippen molar-refractivity contribution in [1.82, 2.24) is 0 Å². The summed E-state index contributed by atoms with van der Waals surface area (Å²) in [5.74, 6) is 2.20. The molecular formula is C26H32F4. The zero-order valence-corrected chi connectivity index (χ0v) is 17.8. The van der Waals surface area contributed by atoms with Gasteiger partial charge >= 0.3 is 6.18 Å². The van der Waals surface area contributed by atoms with Crippen molar-refractivity contribution < 1.29 is 17.6 Å². The predicted molar refractivity (Wildman–Crippen MR) is 114 cm³/mol. The van der Waals surface area contributed by atoms with Gasteiger partial charge in [-0.05, 0) is 84.9 Å². The van der Waals surface area contributed by atoms with Crippen molar-refractivity contribution in [3.05, 3.63) is 47.3 Å². The molecule has 2 saturated carbocycles. The standard InChI is InChI=1S/C26H32F4/c1-2-3-4-5-17-6-7-19-13-20(9-8-18(19)12-17)22-14-21-10-11-23(26(28,29)30)16-24(21)25(27)15-22/h10-11,14-20H,2-9,12-13H2,1H3/t17-,18?,19-,20?/m1/s1. The van der Waals surface area contributed by atoms with Crippen molar-refractivity contribution in [1.29, 1.82) is 0 Å². The molecule has 2 aliphatic rings. The lowest BCUT2D eigenvalue weighted by Crippen LogP contribution is -2.30. The summed E-state index contributed by atoms with van der Waals surface area (Å²) in [6.45, 7) is 2.25. The van der Waals surface area contributed by atoms with Crippen LogP contribution < -0.4 is 0 Å². The first-order valence-electron chi connectivity index (χ1n) is 11.7. The van der Waals surface area contributed by atoms with E-state index in [2.05, 4.69) is 6.92 Å². The van der Waals surface area contributed by atoms with Crippen molar-refractivity contribution in [3.63, 3.8) is 0 Å². The van der Waals surface area contributed by atoms with E-state index in [1.54, 1.807) is 0 Å². The van der Waals surface area contributed by atoms with Gasteiger partial charge in [0.25, 0.3) is 0 Å². The van der Waals surface area contributed by atoms with Gasteiger partial charge in [0.2, 0.25) is 0 Å². The van der Waals surface area contributed by atoms with E-state index >= 15 is 0 Å². The maximum Gasteiger partial charge on any atom is 0.416 e. The van der Waals surface area contributed by atoms with Crippen molar-refractivity contribution in [2.75, 3.05) is 0 Å². The Balaban J connectivity index is 1.46. The summed E-state index contributed by atoms with van der Waals surface area (Å²) < 4.78 is 53.6. The molecule has 0 bridgehead atoms. The average Bonchev–Trinajstić information content (AvgIpc) is 2.72. The van der Waals surface area contributed by atoms with Gasteiger partial charge in [-0.3, -0.25) is 0 Å². The Labute approximate surface area is 177 Å². The molecule has 2 aromatic rings. The first kappa shape index (κ1) is 21.6. The first-order valence-corrected chi connectivity index (χ1v) is 11.7. The normalized spacial score (nSPS) is 27.2. The maximum atomic E-state index is 14.7. The Hall–Kier alpha value is -1.58. The number of fused-ring (bicyclic) bond motifs is 2. The third kappa shape index (κ3) is 4.68. The molecule has 0 radical (unpaired) electrons. The molecule has 0 heterocycles. The number of alkyl halides is 3. The Morgan fingerprint density at radius 2 is 1.67 bits per heavy atom. The van der Waals surface area contributed by atoms with Crippen molar-refractivity contribution in [2.45, 2.75) is 83.2 Å². The molecule has 4 atom stereocenters.